The van der Waals surface area contributed by atoms with Crippen LogP contribution in [0.4, 0.5) is 0 Å². The van der Waals surface area contributed by atoms with E-state index in [4.69, 9.17) is 21.1 Å². The summed E-state index contributed by atoms with van der Waals surface area (Å²) in [6.45, 7) is 4.61. The number of rotatable bonds is 5. The third-order valence-corrected chi connectivity index (χ3v) is 4.20. The van der Waals surface area contributed by atoms with Gasteiger partial charge in [0.25, 0.3) is 0 Å². The smallest absolute Gasteiger partial charge is 0.133 e. The first-order chi connectivity index (χ1) is 10.0. The van der Waals surface area contributed by atoms with E-state index in [2.05, 4.69) is 28.1 Å². The van der Waals surface area contributed by atoms with Crippen molar-refractivity contribution in [1.82, 2.24) is 0 Å². The summed E-state index contributed by atoms with van der Waals surface area (Å²) in [4.78, 5) is 0. The zero-order valence-electron chi connectivity index (χ0n) is 12.4. The Morgan fingerprint density at radius 2 is 1.71 bits per heavy atom. The average Bonchev–Trinajstić information content (AvgIpc) is 2.46. The molecule has 0 heterocycles. The van der Waals surface area contributed by atoms with Crippen molar-refractivity contribution in [2.45, 2.75) is 26.3 Å². The van der Waals surface area contributed by atoms with Crippen molar-refractivity contribution in [3.05, 3.63) is 57.1 Å². The van der Waals surface area contributed by atoms with Crippen LogP contribution < -0.4 is 9.47 Å². The van der Waals surface area contributed by atoms with Crippen LogP contribution in [0.5, 0.6) is 11.5 Å². The highest BCUT2D eigenvalue weighted by Crippen LogP contribution is 2.28. The van der Waals surface area contributed by atoms with E-state index in [-0.39, 0.29) is 0 Å². The fourth-order valence-corrected chi connectivity index (χ4v) is 3.04. The first-order valence-electron chi connectivity index (χ1n) is 6.66. The molecule has 0 aliphatic carbocycles. The molecule has 0 aliphatic heterocycles. The van der Waals surface area contributed by atoms with Crippen LogP contribution in [0, 0.1) is 13.8 Å². The number of benzene rings is 2. The minimum absolute atomic E-state index is 0.518. The number of hydrogen-bond acceptors (Lipinski definition) is 2. The van der Waals surface area contributed by atoms with Crippen LogP contribution >= 0.6 is 27.5 Å². The molecule has 0 spiro atoms. The van der Waals surface area contributed by atoms with Crippen molar-refractivity contribution in [2.24, 2.45) is 0 Å². The lowest BCUT2D eigenvalue weighted by Gasteiger charge is -2.14. The van der Waals surface area contributed by atoms with Gasteiger partial charge in [-0.05, 0) is 64.2 Å². The number of alkyl halides is 1. The van der Waals surface area contributed by atoms with Gasteiger partial charge >= 0.3 is 0 Å². The van der Waals surface area contributed by atoms with E-state index in [1.165, 1.54) is 0 Å². The lowest BCUT2D eigenvalue weighted by molar-refractivity contribution is 0.301. The quantitative estimate of drug-likeness (QED) is 0.658. The van der Waals surface area contributed by atoms with Crippen LogP contribution in [-0.2, 0) is 12.5 Å². The van der Waals surface area contributed by atoms with Gasteiger partial charge in [-0.1, -0.05) is 18.2 Å². The van der Waals surface area contributed by atoms with Crippen LogP contribution in [0.15, 0.2) is 34.8 Å². The Balaban J connectivity index is 2.15. The molecule has 0 N–H and O–H groups in total. The lowest BCUT2D eigenvalue weighted by Crippen LogP contribution is -2.00. The van der Waals surface area contributed by atoms with Gasteiger partial charge in [0.2, 0.25) is 0 Å². The molecule has 0 radical (unpaired) electrons. The molecule has 0 saturated carbocycles. The molecule has 2 aromatic carbocycles. The number of halogens is 2. The molecule has 2 nitrogen and oxygen atoms in total. The first kappa shape index (κ1) is 16.2. The highest BCUT2D eigenvalue weighted by atomic mass is 79.9. The van der Waals surface area contributed by atoms with Gasteiger partial charge in [0.15, 0.2) is 0 Å². The Morgan fingerprint density at radius 3 is 2.24 bits per heavy atom. The van der Waals surface area contributed by atoms with Crippen LogP contribution in [0.1, 0.15) is 22.3 Å². The van der Waals surface area contributed by atoms with E-state index in [1.807, 2.05) is 32.0 Å². The second-order valence-electron chi connectivity index (χ2n) is 4.95. The molecule has 21 heavy (non-hydrogen) atoms. The van der Waals surface area contributed by atoms with Crippen LogP contribution in [0.25, 0.3) is 0 Å². The Labute approximate surface area is 139 Å². The Hall–Kier alpha value is -1.19. The Morgan fingerprint density at radius 1 is 1.05 bits per heavy atom. The summed E-state index contributed by atoms with van der Waals surface area (Å²) in [5.74, 6) is 2.27. The van der Waals surface area contributed by atoms with Crippen molar-refractivity contribution in [2.75, 3.05) is 7.11 Å². The Bertz CT molecular complexity index is 618. The van der Waals surface area contributed by atoms with Crippen molar-refractivity contribution < 1.29 is 9.47 Å². The summed E-state index contributed by atoms with van der Waals surface area (Å²) in [6, 6.07) is 10.1. The number of methoxy groups -OCH3 is 1. The van der Waals surface area contributed by atoms with Crippen LogP contribution in [-0.4, -0.2) is 7.11 Å². The molecule has 0 aromatic heterocycles. The van der Waals surface area contributed by atoms with E-state index in [9.17, 15) is 0 Å². The fourth-order valence-electron chi connectivity index (χ4n) is 2.30. The van der Waals surface area contributed by atoms with Gasteiger partial charge in [-0.3, -0.25) is 0 Å². The molecular formula is C17H18BrClO2. The third-order valence-electron chi connectivity index (χ3n) is 3.27. The maximum atomic E-state index is 5.98. The summed E-state index contributed by atoms with van der Waals surface area (Å²) < 4.78 is 12.1. The van der Waals surface area contributed by atoms with Gasteiger partial charge in [0.1, 0.15) is 18.1 Å². The molecule has 112 valence electrons. The standard InChI is InChI=1S/C17H18BrClO2/c1-11-6-14(9-19)7-12(2)17(11)21-10-13-4-5-16(20-3)15(18)8-13/h4-8H,9-10H2,1-3H3. The van der Waals surface area contributed by atoms with Gasteiger partial charge in [-0.25, -0.2) is 0 Å². The summed E-state index contributed by atoms with van der Waals surface area (Å²) in [7, 11) is 1.65. The van der Waals surface area contributed by atoms with Crippen molar-refractivity contribution in [3.8, 4) is 11.5 Å². The molecule has 0 amide bonds. The van der Waals surface area contributed by atoms with Crippen molar-refractivity contribution >= 4 is 27.5 Å². The topological polar surface area (TPSA) is 18.5 Å². The Kier molecular flexibility index (Phi) is 5.54. The molecule has 0 aliphatic rings. The SMILES string of the molecule is COc1ccc(COc2c(C)cc(CCl)cc2C)cc1Br. The van der Waals surface area contributed by atoms with Crippen molar-refractivity contribution in [3.63, 3.8) is 0 Å². The molecule has 0 unspecified atom stereocenters. The van der Waals surface area contributed by atoms with E-state index >= 15 is 0 Å². The fraction of sp³-hybridized carbons (Fsp3) is 0.294. The predicted molar refractivity (Wildman–Crippen MR) is 90.5 cm³/mol. The summed E-state index contributed by atoms with van der Waals surface area (Å²) in [6.07, 6.45) is 0. The zero-order chi connectivity index (χ0) is 15.4. The van der Waals surface area contributed by atoms with Gasteiger partial charge in [-0.15, -0.1) is 11.6 Å². The molecular weight excluding hydrogens is 352 g/mol. The first-order valence-corrected chi connectivity index (χ1v) is 7.99. The average molecular weight is 370 g/mol. The summed E-state index contributed by atoms with van der Waals surface area (Å²) in [5, 5.41) is 0. The van der Waals surface area contributed by atoms with Gasteiger partial charge in [-0.2, -0.15) is 0 Å². The van der Waals surface area contributed by atoms with Gasteiger partial charge in [0, 0.05) is 5.88 Å². The molecule has 0 bridgehead atoms. The predicted octanol–water partition coefficient (Wildman–Crippen LogP) is 5.39. The number of aryl methyl sites for hydroxylation is 2. The van der Waals surface area contributed by atoms with E-state index < -0.39 is 0 Å². The van der Waals surface area contributed by atoms with E-state index in [1.54, 1.807) is 7.11 Å². The summed E-state index contributed by atoms with van der Waals surface area (Å²) in [5.41, 5.74) is 4.42. The maximum absolute atomic E-state index is 5.98. The minimum Gasteiger partial charge on any atom is -0.496 e. The zero-order valence-corrected chi connectivity index (χ0v) is 14.7. The largest absolute Gasteiger partial charge is 0.496 e. The monoisotopic (exact) mass is 368 g/mol. The third kappa shape index (κ3) is 3.92. The molecule has 0 saturated heterocycles. The van der Waals surface area contributed by atoms with Gasteiger partial charge < -0.3 is 9.47 Å². The second-order valence-corrected chi connectivity index (χ2v) is 6.07. The van der Waals surface area contributed by atoms with E-state index in [0.717, 1.165) is 38.2 Å². The normalized spacial score (nSPS) is 10.5. The molecule has 0 fully saturated rings. The number of ether oxygens (including phenoxy) is 2. The van der Waals surface area contributed by atoms with Crippen LogP contribution in [0.2, 0.25) is 0 Å². The number of hydrogen-bond donors (Lipinski definition) is 0. The highest BCUT2D eigenvalue weighted by Gasteiger charge is 2.08. The molecule has 0 atom stereocenters. The minimum atomic E-state index is 0.518. The lowest BCUT2D eigenvalue weighted by atomic mass is 10.1. The van der Waals surface area contributed by atoms with Crippen molar-refractivity contribution in [1.29, 1.82) is 0 Å². The van der Waals surface area contributed by atoms with Gasteiger partial charge in [0.05, 0.1) is 11.6 Å². The second kappa shape index (κ2) is 7.19. The summed E-state index contributed by atoms with van der Waals surface area (Å²) >= 11 is 9.37. The maximum Gasteiger partial charge on any atom is 0.133 e. The molecule has 2 rings (SSSR count). The van der Waals surface area contributed by atoms with Crippen LogP contribution in [0.3, 0.4) is 0 Å². The molecule has 2 aromatic rings. The highest BCUT2D eigenvalue weighted by molar-refractivity contribution is 9.10. The van der Waals surface area contributed by atoms with E-state index in [0.29, 0.717) is 12.5 Å². The molecule has 4 heteroatoms.